The average molecular weight is 287 g/mol. The summed E-state index contributed by atoms with van der Waals surface area (Å²) in [5.41, 5.74) is 0. The second-order valence-corrected chi connectivity index (χ2v) is 4.55. The van der Waals surface area contributed by atoms with Gasteiger partial charge in [0.05, 0.1) is 17.1 Å². The minimum absolute atomic E-state index is 0.338. The number of hydrogen-bond acceptors (Lipinski definition) is 5. The van der Waals surface area contributed by atoms with Crippen LogP contribution in [0.15, 0.2) is 10.7 Å². The Morgan fingerprint density at radius 1 is 1.56 bits per heavy atom. The molecule has 0 spiro atoms. The van der Waals surface area contributed by atoms with Crippen molar-refractivity contribution in [2.75, 3.05) is 30.9 Å². The number of rotatable bonds is 3. The van der Waals surface area contributed by atoms with E-state index in [0.717, 1.165) is 36.3 Å². The summed E-state index contributed by atoms with van der Waals surface area (Å²) in [5, 5.41) is 6.28. The van der Waals surface area contributed by atoms with Gasteiger partial charge in [-0.2, -0.15) is 4.98 Å². The van der Waals surface area contributed by atoms with Crippen molar-refractivity contribution in [3.8, 4) is 0 Å². The normalized spacial score (nSPS) is 20.5. The summed E-state index contributed by atoms with van der Waals surface area (Å²) < 4.78 is 6.29. The van der Waals surface area contributed by atoms with Gasteiger partial charge in [0.25, 0.3) is 0 Å². The van der Waals surface area contributed by atoms with E-state index in [-0.39, 0.29) is 0 Å². The van der Waals surface area contributed by atoms with Crippen LogP contribution in [0, 0.1) is 0 Å². The Balaban J connectivity index is 2.06. The molecule has 1 saturated heterocycles. The lowest BCUT2D eigenvalue weighted by atomic mass is 10.1. The topological polar surface area (TPSA) is 59.1 Å². The van der Waals surface area contributed by atoms with Gasteiger partial charge in [-0.25, -0.2) is 4.98 Å². The van der Waals surface area contributed by atoms with Crippen LogP contribution in [0.3, 0.4) is 0 Å². The van der Waals surface area contributed by atoms with Crippen LogP contribution >= 0.6 is 15.9 Å². The summed E-state index contributed by atoms with van der Waals surface area (Å²) in [6.45, 7) is 1.61. The summed E-state index contributed by atoms with van der Waals surface area (Å²) in [4.78, 5) is 8.46. The molecule has 1 fully saturated rings. The molecule has 0 amide bonds. The van der Waals surface area contributed by atoms with Gasteiger partial charge in [-0.3, -0.25) is 0 Å². The van der Waals surface area contributed by atoms with Gasteiger partial charge < -0.3 is 15.4 Å². The first-order chi connectivity index (χ1) is 7.79. The lowest BCUT2D eigenvalue weighted by Crippen LogP contribution is -2.30. The van der Waals surface area contributed by atoms with Gasteiger partial charge in [0.2, 0.25) is 5.95 Å². The van der Waals surface area contributed by atoms with E-state index in [2.05, 4.69) is 36.5 Å². The highest BCUT2D eigenvalue weighted by atomic mass is 79.9. The second-order valence-electron chi connectivity index (χ2n) is 3.70. The molecule has 1 aliphatic heterocycles. The quantitative estimate of drug-likeness (QED) is 0.888. The Bertz CT molecular complexity index is 355. The number of nitrogens with zero attached hydrogens (tertiary/aromatic N) is 2. The monoisotopic (exact) mass is 286 g/mol. The predicted octanol–water partition coefficient (Wildman–Crippen LogP) is 1.87. The molecule has 2 N–H and O–H groups in total. The fourth-order valence-electron chi connectivity index (χ4n) is 1.64. The van der Waals surface area contributed by atoms with Crippen molar-refractivity contribution >= 4 is 27.7 Å². The number of anilines is 2. The maximum atomic E-state index is 5.41. The SMILES string of the molecule is CNc1ncc(Br)c(NC2CCCOC2)n1. The highest BCUT2D eigenvalue weighted by molar-refractivity contribution is 9.10. The minimum atomic E-state index is 0.338. The molecule has 1 unspecified atom stereocenters. The van der Waals surface area contributed by atoms with Crippen molar-refractivity contribution < 1.29 is 4.74 Å². The zero-order chi connectivity index (χ0) is 11.4. The molecule has 16 heavy (non-hydrogen) atoms. The zero-order valence-corrected chi connectivity index (χ0v) is 10.7. The summed E-state index contributed by atoms with van der Waals surface area (Å²) in [5.74, 6) is 1.43. The van der Waals surface area contributed by atoms with Crippen LogP contribution in [-0.4, -0.2) is 36.3 Å². The van der Waals surface area contributed by atoms with E-state index in [1.807, 2.05) is 0 Å². The first kappa shape index (κ1) is 11.6. The molecule has 0 bridgehead atoms. The summed E-state index contributed by atoms with van der Waals surface area (Å²) in [7, 11) is 1.80. The third-order valence-corrected chi connectivity index (χ3v) is 3.05. The molecule has 1 aromatic rings. The molecule has 0 aromatic carbocycles. The lowest BCUT2D eigenvalue weighted by molar-refractivity contribution is 0.0875. The van der Waals surface area contributed by atoms with E-state index < -0.39 is 0 Å². The standard InChI is InChI=1S/C10H15BrN4O/c1-12-10-13-5-8(11)9(15-10)14-7-3-2-4-16-6-7/h5,7H,2-4,6H2,1H3,(H2,12,13,14,15). The van der Waals surface area contributed by atoms with Gasteiger partial charge in [0.1, 0.15) is 5.82 Å². The Morgan fingerprint density at radius 3 is 3.12 bits per heavy atom. The molecule has 88 valence electrons. The third-order valence-electron chi connectivity index (χ3n) is 2.47. The van der Waals surface area contributed by atoms with Crippen molar-refractivity contribution in [2.45, 2.75) is 18.9 Å². The van der Waals surface area contributed by atoms with Gasteiger partial charge in [-0.15, -0.1) is 0 Å². The number of halogens is 1. The summed E-state index contributed by atoms with van der Waals surface area (Å²) in [6, 6.07) is 0.338. The molecule has 0 saturated carbocycles. The van der Waals surface area contributed by atoms with Crippen molar-refractivity contribution in [3.63, 3.8) is 0 Å². The fourth-order valence-corrected chi connectivity index (χ4v) is 1.94. The maximum absolute atomic E-state index is 5.41. The lowest BCUT2D eigenvalue weighted by Gasteiger charge is -2.24. The molecule has 5 nitrogen and oxygen atoms in total. The summed E-state index contributed by atoms with van der Waals surface area (Å²) >= 11 is 3.43. The van der Waals surface area contributed by atoms with E-state index in [0.29, 0.717) is 12.0 Å². The average Bonchev–Trinajstić information content (AvgIpc) is 2.33. The van der Waals surface area contributed by atoms with Crippen molar-refractivity contribution in [3.05, 3.63) is 10.7 Å². The van der Waals surface area contributed by atoms with E-state index in [1.54, 1.807) is 13.2 Å². The van der Waals surface area contributed by atoms with Crippen LogP contribution in [-0.2, 0) is 4.74 Å². The van der Waals surface area contributed by atoms with Crippen LogP contribution in [0.25, 0.3) is 0 Å². The van der Waals surface area contributed by atoms with E-state index in [4.69, 9.17) is 4.74 Å². The Hall–Kier alpha value is -0.880. The third kappa shape index (κ3) is 2.82. The van der Waals surface area contributed by atoms with E-state index in [1.165, 1.54) is 0 Å². The largest absolute Gasteiger partial charge is 0.379 e. The molecular weight excluding hydrogens is 272 g/mol. The number of ether oxygens (including phenoxy) is 1. The highest BCUT2D eigenvalue weighted by Crippen LogP contribution is 2.22. The number of nitrogens with one attached hydrogen (secondary N) is 2. The highest BCUT2D eigenvalue weighted by Gasteiger charge is 2.15. The Kier molecular flexibility index (Phi) is 3.95. The molecule has 1 aliphatic rings. The number of aromatic nitrogens is 2. The first-order valence-electron chi connectivity index (χ1n) is 5.34. The van der Waals surface area contributed by atoms with E-state index in [9.17, 15) is 0 Å². The zero-order valence-electron chi connectivity index (χ0n) is 9.16. The molecule has 1 atom stereocenters. The van der Waals surface area contributed by atoms with Gasteiger partial charge in [0.15, 0.2) is 0 Å². The Morgan fingerprint density at radius 2 is 2.44 bits per heavy atom. The molecule has 1 aromatic heterocycles. The van der Waals surface area contributed by atoms with Crippen LogP contribution in [0.5, 0.6) is 0 Å². The molecule has 0 radical (unpaired) electrons. The van der Waals surface area contributed by atoms with E-state index >= 15 is 0 Å². The molecule has 6 heteroatoms. The van der Waals surface area contributed by atoms with Crippen molar-refractivity contribution in [2.24, 2.45) is 0 Å². The summed E-state index contributed by atoms with van der Waals surface area (Å²) in [6.07, 6.45) is 3.95. The molecule has 2 heterocycles. The first-order valence-corrected chi connectivity index (χ1v) is 6.13. The van der Waals surface area contributed by atoms with Crippen LogP contribution in [0.4, 0.5) is 11.8 Å². The smallest absolute Gasteiger partial charge is 0.224 e. The van der Waals surface area contributed by atoms with Crippen LogP contribution in [0.2, 0.25) is 0 Å². The number of hydrogen-bond donors (Lipinski definition) is 2. The van der Waals surface area contributed by atoms with Gasteiger partial charge in [0, 0.05) is 19.9 Å². The van der Waals surface area contributed by atoms with Gasteiger partial charge >= 0.3 is 0 Å². The van der Waals surface area contributed by atoms with Crippen LogP contribution in [0.1, 0.15) is 12.8 Å². The van der Waals surface area contributed by atoms with Gasteiger partial charge in [-0.05, 0) is 28.8 Å². The maximum Gasteiger partial charge on any atom is 0.224 e. The fraction of sp³-hybridized carbons (Fsp3) is 0.600. The Labute approximate surface area is 103 Å². The molecule has 2 rings (SSSR count). The molecular formula is C10H15BrN4O. The predicted molar refractivity (Wildman–Crippen MR) is 66.7 cm³/mol. The second kappa shape index (κ2) is 5.45. The van der Waals surface area contributed by atoms with Gasteiger partial charge in [-0.1, -0.05) is 0 Å². The van der Waals surface area contributed by atoms with Crippen LogP contribution < -0.4 is 10.6 Å². The molecule has 0 aliphatic carbocycles. The minimum Gasteiger partial charge on any atom is -0.379 e. The van der Waals surface area contributed by atoms with Crippen molar-refractivity contribution in [1.29, 1.82) is 0 Å². The van der Waals surface area contributed by atoms with Crippen molar-refractivity contribution in [1.82, 2.24) is 9.97 Å².